The molecule has 0 aromatic carbocycles. The van der Waals surface area contributed by atoms with Gasteiger partial charge in [-0.3, -0.25) is 4.98 Å². The summed E-state index contributed by atoms with van der Waals surface area (Å²) >= 11 is 0. The second-order valence-corrected chi connectivity index (χ2v) is 5.10. The average molecular weight is 248 g/mol. The molecule has 0 radical (unpaired) electrons. The fraction of sp³-hybridized carbons (Fsp3) is 0.667. The van der Waals surface area contributed by atoms with E-state index in [0.29, 0.717) is 6.04 Å². The van der Waals surface area contributed by atoms with Crippen LogP contribution in [0.2, 0.25) is 0 Å². The van der Waals surface area contributed by atoms with E-state index in [4.69, 9.17) is 4.74 Å². The van der Waals surface area contributed by atoms with Crippen molar-refractivity contribution < 1.29 is 4.74 Å². The minimum absolute atomic E-state index is 0.342. The molecule has 0 bridgehead atoms. The van der Waals surface area contributed by atoms with Gasteiger partial charge in [0.25, 0.3) is 0 Å². The predicted molar refractivity (Wildman–Crippen MR) is 73.8 cm³/mol. The largest absolute Gasteiger partial charge is 0.492 e. The molecule has 1 aliphatic carbocycles. The Labute approximate surface area is 110 Å². The molecule has 18 heavy (non-hydrogen) atoms. The molecule has 2 rings (SSSR count). The van der Waals surface area contributed by atoms with Crippen LogP contribution in [0.5, 0.6) is 5.75 Å². The Hall–Kier alpha value is -1.09. The number of aromatic nitrogens is 1. The lowest BCUT2D eigenvalue weighted by molar-refractivity contribution is 0.221. The molecular formula is C15H24N2O. The van der Waals surface area contributed by atoms with Crippen LogP contribution in [0.25, 0.3) is 0 Å². The minimum atomic E-state index is 0.342. The molecule has 1 aliphatic rings. The molecule has 100 valence electrons. The highest BCUT2D eigenvalue weighted by atomic mass is 16.5. The third kappa shape index (κ3) is 3.45. The molecule has 1 aromatic heterocycles. The monoisotopic (exact) mass is 248 g/mol. The number of nitrogens with zero attached hydrogens (tertiary/aromatic N) is 1. The SMILES string of the molecule is CCC(NC)c1ccc(OCCC2CCC2)cn1. The van der Waals surface area contributed by atoms with Crippen molar-refractivity contribution in [3.63, 3.8) is 0 Å². The third-order valence-corrected chi connectivity index (χ3v) is 3.89. The topological polar surface area (TPSA) is 34.1 Å². The van der Waals surface area contributed by atoms with E-state index in [0.717, 1.165) is 30.4 Å². The standard InChI is InChI=1S/C15H24N2O/c1-3-14(16-2)15-8-7-13(11-17-15)18-10-9-12-5-4-6-12/h7-8,11-12,14,16H,3-6,9-10H2,1-2H3. The lowest BCUT2D eigenvalue weighted by atomic mass is 9.83. The van der Waals surface area contributed by atoms with Crippen LogP contribution >= 0.6 is 0 Å². The van der Waals surface area contributed by atoms with Crippen LogP contribution in [0.1, 0.15) is 50.8 Å². The number of hydrogen-bond acceptors (Lipinski definition) is 3. The van der Waals surface area contributed by atoms with E-state index in [-0.39, 0.29) is 0 Å². The summed E-state index contributed by atoms with van der Waals surface area (Å²) in [6.07, 6.45) is 8.27. The van der Waals surface area contributed by atoms with Crippen LogP contribution in [0.4, 0.5) is 0 Å². The maximum Gasteiger partial charge on any atom is 0.137 e. The van der Waals surface area contributed by atoms with Crippen LogP contribution in [-0.2, 0) is 0 Å². The Balaban J connectivity index is 1.79. The van der Waals surface area contributed by atoms with Crippen molar-refractivity contribution in [2.75, 3.05) is 13.7 Å². The highest BCUT2D eigenvalue weighted by molar-refractivity contribution is 5.21. The van der Waals surface area contributed by atoms with E-state index in [1.165, 1.54) is 25.7 Å². The van der Waals surface area contributed by atoms with Gasteiger partial charge in [0.2, 0.25) is 0 Å². The molecule has 0 spiro atoms. The van der Waals surface area contributed by atoms with Gasteiger partial charge < -0.3 is 10.1 Å². The Morgan fingerprint density at radius 3 is 2.78 bits per heavy atom. The molecule has 0 saturated heterocycles. The van der Waals surface area contributed by atoms with Crippen LogP contribution < -0.4 is 10.1 Å². The molecule has 1 heterocycles. The fourth-order valence-electron chi connectivity index (χ4n) is 2.37. The van der Waals surface area contributed by atoms with E-state index in [2.05, 4.69) is 23.3 Å². The van der Waals surface area contributed by atoms with Crippen molar-refractivity contribution in [1.29, 1.82) is 0 Å². The number of nitrogens with one attached hydrogen (secondary N) is 1. The molecule has 0 amide bonds. The summed E-state index contributed by atoms with van der Waals surface area (Å²) < 4.78 is 5.73. The summed E-state index contributed by atoms with van der Waals surface area (Å²) in [6, 6.07) is 4.43. The van der Waals surface area contributed by atoms with Crippen molar-refractivity contribution in [3.05, 3.63) is 24.0 Å². The summed E-state index contributed by atoms with van der Waals surface area (Å²) in [5, 5.41) is 3.26. The minimum Gasteiger partial charge on any atom is -0.492 e. The van der Waals surface area contributed by atoms with E-state index in [1.54, 1.807) is 0 Å². The van der Waals surface area contributed by atoms with Crippen molar-refractivity contribution >= 4 is 0 Å². The first kappa shape index (κ1) is 13.3. The van der Waals surface area contributed by atoms with Crippen LogP contribution in [0.3, 0.4) is 0 Å². The first-order valence-electron chi connectivity index (χ1n) is 7.09. The summed E-state index contributed by atoms with van der Waals surface area (Å²) in [6.45, 7) is 2.99. The zero-order valence-electron chi connectivity index (χ0n) is 11.5. The summed E-state index contributed by atoms with van der Waals surface area (Å²) in [5.41, 5.74) is 1.09. The number of pyridine rings is 1. The Morgan fingerprint density at radius 2 is 2.28 bits per heavy atom. The molecule has 0 aliphatic heterocycles. The lowest BCUT2D eigenvalue weighted by Gasteiger charge is -2.24. The molecule has 3 nitrogen and oxygen atoms in total. The maximum atomic E-state index is 5.73. The number of hydrogen-bond donors (Lipinski definition) is 1. The first-order chi connectivity index (χ1) is 8.83. The molecule has 1 atom stereocenters. The van der Waals surface area contributed by atoms with Crippen molar-refractivity contribution in [2.24, 2.45) is 5.92 Å². The van der Waals surface area contributed by atoms with Gasteiger partial charge >= 0.3 is 0 Å². The second-order valence-electron chi connectivity index (χ2n) is 5.10. The van der Waals surface area contributed by atoms with Gasteiger partial charge in [-0.15, -0.1) is 0 Å². The zero-order chi connectivity index (χ0) is 12.8. The summed E-state index contributed by atoms with van der Waals surface area (Å²) in [7, 11) is 1.97. The smallest absolute Gasteiger partial charge is 0.137 e. The third-order valence-electron chi connectivity index (χ3n) is 3.89. The predicted octanol–water partition coefficient (Wildman–Crippen LogP) is 3.32. The second kappa shape index (κ2) is 6.74. The molecule has 1 aromatic rings. The normalized spacial score (nSPS) is 17.2. The van der Waals surface area contributed by atoms with Crippen molar-refractivity contribution in [2.45, 2.75) is 45.1 Å². The van der Waals surface area contributed by atoms with Gasteiger partial charge in [-0.05, 0) is 37.9 Å². The Morgan fingerprint density at radius 1 is 1.44 bits per heavy atom. The van der Waals surface area contributed by atoms with Crippen molar-refractivity contribution in [1.82, 2.24) is 10.3 Å². The highest BCUT2D eigenvalue weighted by Gasteiger charge is 2.16. The van der Waals surface area contributed by atoms with Crippen molar-refractivity contribution in [3.8, 4) is 5.75 Å². The quantitative estimate of drug-likeness (QED) is 0.803. The van der Waals surface area contributed by atoms with Gasteiger partial charge in [-0.2, -0.15) is 0 Å². The summed E-state index contributed by atoms with van der Waals surface area (Å²) in [4.78, 5) is 4.47. The number of ether oxygens (including phenoxy) is 1. The molecule has 1 unspecified atom stereocenters. The van der Waals surface area contributed by atoms with Gasteiger partial charge in [0.1, 0.15) is 5.75 Å². The van der Waals surface area contributed by atoms with E-state index >= 15 is 0 Å². The molecule has 3 heteroatoms. The fourth-order valence-corrected chi connectivity index (χ4v) is 2.37. The van der Waals surface area contributed by atoms with Gasteiger partial charge in [-0.1, -0.05) is 26.2 Å². The van der Waals surface area contributed by atoms with E-state index in [1.807, 2.05) is 19.3 Å². The zero-order valence-corrected chi connectivity index (χ0v) is 11.5. The molecular weight excluding hydrogens is 224 g/mol. The molecule has 1 N–H and O–H groups in total. The van der Waals surface area contributed by atoms with E-state index < -0.39 is 0 Å². The van der Waals surface area contributed by atoms with Gasteiger partial charge in [0.15, 0.2) is 0 Å². The van der Waals surface area contributed by atoms with Crippen LogP contribution in [-0.4, -0.2) is 18.6 Å². The highest BCUT2D eigenvalue weighted by Crippen LogP contribution is 2.29. The number of rotatable bonds is 7. The Kier molecular flexibility index (Phi) is 5.00. The van der Waals surface area contributed by atoms with Gasteiger partial charge in [-0.25, -0.2) is 0 Å². The maximum absolute atomic E-state index is 5.73. The van der Waals surface area contributed by atoms with E-state index in [9.17, 15) is 0 Å². The van der Waals surface area contributed by atoms with Gasteiger partial charge in [0, 0.05) is 6.04 Å². The first-order valence-corrected chi connectivity index (χ1v) is 7.09. The van der Waals surface area contributed by atoms with Crippen LogP contribution in [0.15, 0.2) is 18.3 Å². The summed E-state index contributed by atoms with van der Waals surface area (Å²) in [5.74, 6) is 1.80. The van der Waals surface area contributed by atoms with Crippen LogP contribution in [0, 0.1) is 5.92 Å². The Bertz CT molecular complexity index is 342. The lowest BCUT2D eigenvalue weighted by Crippen LogP contribution is -2.16. The van der Waals surface area contributed by atoms with Gasteiger partial charge in [0.05, 0.1) is 18.5 Å². The average Bonchev–Trinajstić information content (AvgIpc) is 2.35. The molecule has 1 fully saturated rings. The molecule has 1 saturated carbocycles.